The van der Waals surface area contributed by atoms with Crippen molar-refractivity contribution in [1.29, 1.82) is 0 Å². The Morgan fingerprint density at radius 1 is 1.33 bits per heavy atom. The summed E-state index contributed by atoms with van der Waals surface area (Å²) in [5, 5.41) is 4.10. The molecular formula is C16H22N4O. The predicted molar refractivity (Wildman–Crippen MR) is 81.6 cm³/mol. The first-order chi connectivity index (χ1) is 10.1. The number of hydrogen-bond acceptors (Lipinski definition) is 5. The Kier molecular flexibility index (Phi) is 4.03. The number of aromatic nitrogens is 2. The average molecular weight is 286 g/mol. The number of benzene rings is 1. The molecule has 2 N–H and O–H groups in total. The summed E-state index contributed by atoms with van der Waals surface area (Å²) in [6, 6.07) is 8.91. The van der Waals surface area contributed by atoms with Crippen molar-refractivity contribution in [3.8, 4) is 11.5 Å². The van der Waals surface area contributed by atoms with E-state index in [1.165, 1.54) is 5.56 Å². The first kappa shape index (κ1) is 14.2. The molecule has 112 valence electrons. The zero-order valence-corrected chi connectivity index (χ0v) is 12.6. The van der Waals surface area contributed by atoms with Crippen molar-refractivity contribution in [1.82, 2.24) is 15.0 Å². The molecule has 2 unspecified atom stereocenters. The molecule has 0 radical (unpaired) electrons. The van der Waals surface area contributed by atoms with Crippen molar-refractivity contribution in [2.45, 2.75) is 45.3 Å². The summed E-state index contributed by atoms with van der Waals surface area (Å²) in [4.78, 5) is 6.88. The average Bonchev–Trinajstić information content (AvgIpc) is 2.91. The van der Waals surface area contributed by atoms with Crippen molar-refractivity contribution in [3.63, 3.8) is 0 Å². The van der Waals surface area contributed by atoms with Crippen LogP contribution in [-0.4, -0.2) is 33.7 Å². The second kappa shape index (κ2) is 5.95. The quantitative estimate of drug-likeness (QED) is 0.938. The minimum Gasteiger partial charge on any atom is -0.334 e. The van der Waals surface area contributed by atoms with E-state index < -0.39 is 0 Å². The monoisotopic (exact) mass is 286 g/mol. The minimum atomic E-state index is 0.324. The third kappa shape index (κ3) is 3.31. The summed E-state index contributed by atoms with van der Waals surface area (Å²) in [6.45, 7) is 5.99. The van der Waals surface area contributed by atoms with Crippen LogP contribution in [0.3, 0.4) is 0 Å². The molecule has 1 fully saturated rings. The lowest BCUT2D eigenvalue weighted by Gasteiger charge is -2.35. The summed E-state index contributed by atoms with van der Waals surface area (Å²) >= 11 is 0. The van der Waals surface area contributed by atoms with Crippen LogP contribution in [0.15, 0.2) is 28.8 Å². The Balaban J connectivity index is 1.69. The number of nitrogens with zero attached hydrogens (tertiary/aromatic N) is 3. The number of aryl methyl sites for hydroxylation is 1. The van der Waals surface area contributed by atoms with E-state index in [0.717, 1.165) is 37.3 Å². The molecule has 2 atom stereocenters. The molecule has 2 aromatic rings. The van der Waals surface area contributed by atoms with Crippen LogP contribution in [0.5, 0.6) is 0 Å². The van der Waals surface area contributed by atoms with E-state index in [9.17, 15) is 0 Å². The van der Waals surface area contributed by atoms with Gasteiger partial charge in [0.25, 0.3) is 5.89 Å². The summed E-state index contributed by atoms with van der Waals surface area (Å²) in [5.74, 6) is 1.33. The van der Waals surface area contributed by atoms with Crippen molar-refractivity contribution < 1.29 is 4.52 Å². The van der Waals surface area contributed by atoms with E-state index >= 15 is 0 Å². The highest BCUT2D eigenvalue weighted by atomic mass is 16.5. The fourth-order valence-electron chi connectivity index (χ4n) is 2.81. The van der Waals surface area contributed by atoms with Gasteiger partial charge in [0.05, 0.1) is 6.54 Å². The zero-order chi connectivity index (χ0) is 14.8. The fourth-order valence-corrected chi connectivity index (χ4v) is 2.81. The summed E-state index contributed by atoms with van der Waals surface area (Å²) < 4.78 is 5.38. The first-order valence-electron chi connectivity index (χ1n) is 7.51. The molecule has 1 aromatic heterocycles. The van der Waals surface area contributed by atoms with Crippen LogP contribution in [0.1, 0.15) is 31.2 Å². The molecule has 0 bridgehead atoms. The van der Waals surface area contributed by atoms with Crippen LogP contribution in [0, 0.1) is 6.92 Å². The van der Waals surface area contributed by atoms with Crippen LogP contribution in [0.2, 0.25) is 0 Å². The highest BCUT2D eigenvalue weighted by Gasteiger charge is 2.24. The third-order valence-electron chi connectivity index (χ3n) is 4.17. The van der Waals surface area contributed by atoms with Crippen molar-refractivity contribution >= 4 is 0 Å². The maximum absolute atomic E-state index is 6.00. The number of hydrogen-bond donors (Lipinski definition) is 1. The van der Waals surface area contributed by atoms with Gasteiger partial charge in [-0.25, -0.2) is 0 Å². The van der Waals surface area contributed by atoms with Gasteiger partial charge in [-0.15, -0.1) is 0 Å². The van der Waals surface area contributed by atoms with Gasteiger partial charge in [-0.3, -0.25) is 4.90 Å². The van der Waals surface area contributed by atoms with Gasteiger partial charge in [0.1, 0.15) is 0 Å². The Morgan fingerprint density at radius 2 is 2.10 bits per heavy atom. The smallest absolute Gasteiger partial charge is 0.257 e. The van der Waals surface area contributed by atoms with E-state index in [4.69, 9.17) is 10.3 Å². The van der Waals surface area contributed by atoms with E-state index in [1.54, 1.807) is 0 Å². The molecule has 5 heteroatoms. The van der Waals surface area contributed by atoms with Gasteiger partial charge in [0, 0.05) is 24.2 Å². The van der Waals surface area contributed by atoms with E-state index in [2.05, 4.69) is 28.9 Å². The second-order valence-electron chi connectivity index (χ2n) is 5.99. The first-order valence-corrected chi connectivity index (χ1v) is 7.51. The third-order valence-corrected chi connectivity index (χ3v) is 4.17. The number of rotatable bonds is 3. The molecule has 1 aliphatic heterocycles. The van der Waals surface area contributed by atoms with Crippen LogP contribution in [0.25, 0.3) is 11.5 Å². The summed E-state index contributed by atoms with van der Waals surface area (Å²) in [5.41, 5.74) is 8.18. The highest BCUT2D eigenvalue weighted by molar-refractivity contribution is 5.53. The molecule has 1 aromatic carbocycles. The molecular weight excluding hydrogens is 264 g/mol. The molecule has 0 saturated carbocycles. The van der Waals surface area contributed by atoms with Gasteiger partial charge in [0.2, 0.25) is 0 Å². The predicted octanol–water partition coefficient (Wildman–Crippen LogP) is 2.36. The second-order valence-corrected chi connectivity index (χ2v) is 5.99. The van der Waals surface area contributed by atoms with Gasteiger partial charge in [-0.2, -0.15) is 4.98 Å². The van der Waals surface area contributed by atoms with Gasteiger partial charge in [0.15, 0.2) is 5.82 Å². The summed E-state index contributed by atoms with van der Waals surface area (Å²) in [6.07, 6.45) is 2.07. The lowest BCUT2D eigenvalue weighted by atomic mass is 9.99. The molecule has 3 rings (SSSR count). The van der Waals surface area contributed by atoms with Crippen LogP contribution >= 0.6 is 0 Å². The highest BCUT2D eigenvalue weighted by Crippen LogP contribution is 2.20. The molecule has 0 spiro atoms. The SMILES string of the molecule is Cc1ccc(-c2nc(CN3CCC(N)CC3C)no2)cc1. The lowest BCUT2D eigenvalue weighted by molar-refractivity contribution is 0.135. The lowest BCUT2D eigenvalue weighted by Crippen LogP contribution is -2.45. The molecule has 5 nitrogen and oxygen atoms in total. The zero-order valence-electron chi connectivity index (χ0n) is 12.6. The Morgan fingerprint density at radius 3 is 2.81 bits per heavy atom. The number of nitrogens with two attached hydrogens (primary N) is 1. The van der Waals surface area contributed by atoms with Gasteiger partial charge >= 0.3 is 0 Å². The van der Waals surface area contributed by atoms with Gasteiger partial charge in [-0.05, 0) is 38.8 Å². The Hall–Kier alpha value is -1.72. The van der Waals surface area contributed by atoms with Gasteiger partial charge < -0.3 is 10.3 Å². The van der Waals surface area contributed by atoms with Crippen LogP contribution in [0.4, 0.5) is 0 Å². The molecule has 0 aliphatic carbocycles. The largest absolute Gasteiger partial charge is 0.334 e. The molecule has 2 heterocycles. The van der Waals surface area contributed by atoms with Crippen molar-refractivity contribution in [2.24, 2.45) is 5.73 Å². The van der Waals surface area contributed by atoms with Crippen molar-refractivity contribution in [3.05, 3.63) is 35.7 Å². The molecule has 1 saturated heterocycles. The standard InChI is InChI=1S/C16H22N4O/c1-11-3-5-13(6-4-11)16-18-15(19-21-16)10-20-8-7-14(17)9-12(20)2/h3-6,12,14H,7-10,17H2,1-2H3. The number of piperidine rings is 1. The van der Waals surface area contributed by atoms with Gasteiger partial charge in [-0.1, -0.05) is 22.9 Å². The van der Waals surface area contributed by atoms with E-state index in [0.29, 0.717) is 18.0 Å². The Bertz CT molecular complexity index is 593. The minimum absolute atomic E-state index is 0.324. The van der Waals surface area contributed by atoms with E-state index in [1.807, 2.05) is 24.3 Å². The maximum atomic E-state index is 6.00. The Labute approximate surface area is 125 Å². The van der Waals surface area contributed by atoms with E-state index in [-0.39, 0.29) is 0 Å². The summed E-state index contributed by atoms with van der Waals surface area (Å²) in [7, 11) is 0. The van der Waals surface area contributed by atoms with Crippen molar-refractivity contribution in [2.75, 3.05) is 6.54 Å². The topological polar surface area (TPSA) is 68.2 Å². The fraction of sp³-hybridized carbons (Fsp3) is 0.500. The number of likely N-dealkylation sites (tertiary alicyclic amines) is 1. The molecule has 21 heavy (non-hydrogen) atoms. The van der Waals surface area contributed by atoms with Crippen LogP contribution < -0.4 is 5.73 Å². The van der Waals surface area contributed by atoms with Crippen LogP contribution in [-0.2, 0) is 6.54 Å². The maximum Gasteiger partial charge on any atom is 0.257 e. The molecule has 0 amide bonds. The molecule has 1 aliphatic rings. The normalized spacial score (nSPS) is 23.4.